The second-order valence-corrected chi connectivity index (χ2v) is 6.97. The molecule has 1 heterocycles. The Morgan fingerprint density at radius 2 is 1.54 bits per heavy atom. The molecule has 28 heavy (non-hydrogen) atoms. The number of nitrogens with zero attached hydrogens (tertiary/aromatic N) is 1. The fraction of sp³-hybridized carbons (Fsp3) is 0.160. The predicted molar refractivity (Wildman–Crippen MR) is 114 cm³/mol. The minimum Gasteiger partial charge on any atom is -0.490 e. The number of hydrogen-bond donors (Lipinski definition) is 0. The Bertz CT molecular complexity index is 1070. The monoisotopic (exact) mass is 369 g/mol. The fourth-order valence-electron chi connectivity index (χ4n) is 3.14. The van der Waals surface area contributed by atoms with Gasteiger partial charge in [0.15, 0.2) is 0 Å². The average molecular weight is 369 g/mol. The lowest BCUT2D eigenvalue weighted by molar-refractivity contribution is 0.243. The minimum absolute atomic E-state index is 0.137. The molecule has 0 amide bonds. The van der Waals surface area contributed by atoms with Gasteiger partial charge in [-0.05, 0) is 49.7 Å². The summed E-state index contributed by atoms with van der Waals surface area (Å²) in [5, 5.41) is 1.14. The Kier molecular flexibility index (Phi) is 5.24. The van der Waals surface area contributed by atoms with Gasteiger partial charge in [-0.3, -0.25) is 0 Å². The number of rotatable bonds is 6. The highest BCUT2D eigenvalue weighted by molar-refractivity contribution is 5.78. The Morgan fingerprint density at radius 3 is 2.36 bits per heavy atom. The number of hydrogen-bond acceptors (Lipinski definition) is 3. The van der Waals surface area contributed by atoms with E-state index in [2.05, 4.69) is 35.3 Å². The van der Waals surface area contributed by atoms with Gasteiger partial charge in [0.2, 0.25) is 0 Å². The van der Waals surface area contributed by atoms with Crippen LogP contribution in [0.5, 0.6) is 11.5 Å². The van der Waals surface area contributed by atoms with Crippen molar-refractivity contribution in [2.75, 3.05) is 0 Å². The van der Waals surface area contributed by atoms with Gasteiger partial charge in [-0.2, -0.15) is 0 Å². The molecule has 0 radical (unpaired) electrons. The Morgan fingerprint density at radius 1 is 0.786 bits per heavy atom. The summed E-state index contributed by atoms with van der Waals surface area (Å²) in [6.07, 6.45) is 0.137. The number of benzene rings is 3. The molecule has 4 aromatic rings. The van der Waals surface area contributed by atoms with Gasteiger partial charge in [0.25, 0.3) is 0 Å². The SMILES string of the molecule is CC(C)Oc1ccccc1-c1ccc(OCc2ccc3ccccc3n2)cc1. The van der Waals surface area contributed by atoms with Crippen LogP contribution in [0.15, 0.2) is 84.9 Å². The molecule has 0 unspecified atom stereocenters. The number of ether oxygens (including phenoxy) is 2. The van der Waals surface area contributed by atoms with Gasteiger partial charge >= 0.3 is 0 Å². The molecule has 0 atom stereocenters. The molecule has 1 aromatic heterocycles. The summed E-state index contributed by atoms with van der Waals surface area (Å²) in [5.74, 6) is 1.72. The molecule has 0 bridgehead atoms. The second kappa shape index (κ2) is 8.13. The molecule has 0 aliphatic rings. The molecule has 0 N–H and O–H groups in total. The van der Waals surface area contributed by atoms with E-state index in [1.165, 1.54) is 0 Å². The number of aromatic nitrogens is 1. The molecular formula is C25H23NO2. The van der Waals surface area contributed by atoms with E-state index in [4.69, 9.17) is 9.47 Å². The Balaban J connectivity index is 1.47. The zero-order valence-corrected chi connectivity index (χ0v) is 16.1. The number of fused-ring (bicyclic) bond motifs is 1. The van der Waals surface area contributed by atoms with Crippen molar-refractivity contribution < 1.29 is 9.47 Å². The fourth-order valence-corrected chi connectivity index (χ4v) is 3.14. The normalized spacial score (nSPS) is 11.0. The minimum atomic E-state index is 0.137. The summed E-state index contributed by atoms with van der Waals surface area (Å²) in [6.45, 7) is 4.51. The quantitative estimate of drug-likeness (QED) is 0.401. The molecule has 4 rings (SSSR count). The standard InChI is InChI=1S/C25H23NO2/c1-18(2)28-25-10-6-4-8-23(25)19-12-15-22(16-13-19)27-17-21-14-11-20-7-3-5-9-24(20)26-21/h3-16,18H,17H2,1-2H3. The third-order valence-electron chi connectivity index (χ3n) is 4.46. The van der Waals surface area contributed by atoms with Gasteiger partial charge in [0, 0.05) is 10.9 Å². The molecule has 140 valence electrons. The summed E-state index contributed by atoms with van der Waals surface area (Å²) in [6, 6.07) is 28.4. The topological polar surface area (TPSA) is 31.4 Å². The van der Waals surface area contributed by atoms with E-state index in [1.807, 2.05) is 68.4 Å². The molecule has 0 aliphatic carbocycles. The maximum Gasteiger partial charge on any atom is 0.130 e. The van der Waals surface area contributed by atoms with Gasteiger partial charge < -0.3 is 9.47 Å². The van der Waals surface area contributed by atoms with Crippen LogP contribution in [0.25, 0.3) is 22.0 Å². The van der Waals surface area contributed by atoms with Crippen LogP contribution in [0.1, 0.15) is 19.5 Å². The summed E-state index contributed by atoms with van der Waals surface area (Å²) in [7, 11) is 0. The van der Waals surface area contributed by atoms with Crippen molar-refractivity contribution in [3.8, 4) is 22.6 Å². The molecule has 0 fully saturated rings. The van der Waals surface area contributed by atoms with E-state index in [0.29, 0.717) is 6.61 Å². The molecule has 0 saturated carbocycles. The second-order valence-electron chi connectivity index (χ2n) is 6.97. The molecule has 3 heteroatoms. The molecule has 0 spiro atoms. The van der Waals surface area contributed by atoms with E-state index in [-0.39, 0.29) is 6.10 Å². The van der Waals surface area contributed by atoms with Crippen molar-refractivity contribution in [2.45, 2.75) is 26.6 Å². The zero-order chi connectivity index (χ0) is 19.3. The number of pyridine rings is 1. The van der Waals surface area contributed by atoms with Crippen molar-refractivity contribution in [1.82, 2.24) is 4.98 Å². The predicted octanol–water partition coefficient (Wildman–Crippen LogP) is 6.27. The molecule has 3 nitrogen and oxygen atoms in total. The van der Waals surface area contributed by atoms with Crippen molar-refractivity contribution in [2.24, 2.45) is 0 Å². The van der Waals surface area contributed by atoms with Crippen molar-refractivity contribution in [1.29, 1.82) is 0 Å². The Hall–Kier alpha value is -3.33. The largest absolute Gasteiger partial charge is 0.490 e. The van der Waals surface area contributed by atoms with Crippen LogP contribution < -0.4 is 9.47 Å². The van der Waals surface area contributed by atoms with Gasteiger partial charge in [0.05, 0.1) is 17.3 Å². The van der Waals surface area contributed by atoms with E-state index >= 15 is 0 Å². The molecule has 0 saturated heterocycles. The van der Waals surface area contributed by atoms with Gasteiger partial charge in [-0.25, -0.2) is 4.98 Å². The van der Waals surface area contributed by atoms with Crippen LogP contribution in [-0.2, 0) is 6.61 Å². The van der Waals surface area contributed by atoms with E-state index < -0.39 is 0 Å². The van der Waals surface area contributed by atoms with Gasteiger partial charge in [0.1, 0.15) is 18.1 Å². The first kappa shape index (κ1) is 18.1. The van der Waals surface area contributed by atoms with Crippen molar-refractivity contribution in [3.63, 3.8) is 0 Å². The maximum absolute atomic E-state index is 5.93. The zero-order valence-electron chi connectivity index (χ0n) is 16.1. The van der Waals surface area contributed by atoms with Crippen molar-refractivity contribution >= 4 is 10.9 Å². The lowest BCUT2D eigenvalue weighted by atomic mass is 10.0. The highest BCUT2D eigenvalue weighted by Crippen LogP contribution is 2.31. The summed E-state index contributed by atoms with van der Waals surface area (Å²) < 4.78 is 11.9. The first-order valence-electron chi connectivity index (χ1n) is 9.52. The molecule has 0 aliphatic heterocycles. The maximum atomic E-state index is 5.93. The summed E-state index contributed by atoms with van der Waals surface area (Å²) in [5.41, 5.74) is 4.09. The third-order valence-corrected chi connectivity index (χ3v) is 4.46. The lowest BCUT2D eigenvalue weighted by Gasteiger charge is -2.14. The van der Waals surface area contributed by atoms with Crippen LogP contribution in [0, 0.1) is 0 Å². The van der Waals surface area contributed by atoms with Gasteiger partial charge in [-0.15, -0.1) is 0 Å². The highest BCUT2D eigenvalue weighted by atomic mass is 16.5. The molecule has 3 aromatic carbocycles. The van der Waals surface area contributed by atoms with Gasteiger partial charge in [-0.1, -0.05) is 54.6 Å². The summed E-state index contributed by atoms with van der Waals surface area (Å²) >= 11 is 0. The van der Waals surface area contributed by atoms with E-state index in [9.17, 15) is 0 Å². The average Bonchev–Trinajstić information content (AvgIpc) is 2.72. The third kappa shape index (κ3) is 4.15. The van der Waals surface area contributed by atoms with Crippen LogP contribution >= 0.6 is 0 Å². The number of para-hydroxylation sites is 2. The molecular weight excluding hydrogens is 346 g/mol. The first-order valence-corrected chi connectivity index (χ1v) is 9.52. The van der Waals surface area contributed by atoms with E-state index in [0.717, 1.165) is 39.2 Å². The van der Waals surface area contributed by atoms with Crippen molar-refractivity contribution in [3.05, 3.63) is 90.6 Å². The van der Waals surface area contributed by atoms with Crippen LogP contribution in [0.2, 0.25) is 0 Å². The summed E-state index contributed by atoms with van der Waals surface area (Å²) in [4.78, 5) is 4.65. The van der Waals surface area contributed by atoms with E-state index in [1.54, 1.807) is 0 Å². The van der Waals surface area contributed by atoms with Crippen LogP contribution in [-0.4, -0.2) is 11.1 Å². The first-order chi connectivity index (χ1) is 13.7. The lowest BCUT2D eigenvalue weighted by Crippen LogP contribution is -2.06. The highest BCUT2D eigenvalue weighted by Gasteiger charge is 2.08. The Labute approximate surface area is 165 Å². The smallest absolute Gasteiger partial charge is 0.130 e. The van der Waals surface area contributed by atoms with Crippen LogP contribution in [0.4, 0.5) is 0 Å². The van der Waals surface area contributed by atoms with Crippen LogP contribution in [0.3, 0.4) is 0 Å².